The molecule has 0 bridgehead atoms. The smallest absolute Gasteiger partial charge is 0.0441 e. The molecule has 2 aliphatic carbocycles. The summed E-state index contributed by atoms with van der Waals surface area (Å²) >= 11 is 0. The van der Waals surface area contributed by atoms with Gasteiger partial charge in [0, 0.05) is 29.2 Å². The first kappa shape index (κ1) is 10.5. The van der Waals surface area contributed by atoms with Crippen LogP contribution in [0.3, 0.4) is 0 Å². The van der Waals surface area contributed by atoms with Crippen molar-refractivity contribution in [1.29, 1.82) is 0 Å². The number of hydrogen-bond donors (Lipinski definition) is 1. The van der Waals surface area contributed by atoms with Crippen molar-refractivity contribution in [3.63, 3.8) is 0 Å². The standard InChI is InChI=1S/C16H18N2/c1-9-6-13-11(4-5-15(13)17)14-8-18-16(7-12(9)14)10-2-3-10/h6-8,10,15H,2-5,17H2,1H3/t15-/m0/s1. The van der Waals surface area contributed by atoms with E-state index < -0.39 is 0 Å². The van der Waals surface area contributed by atoms with Crippen molar-refractivity contribution in [3.8, 4) is 0 Å². The van der Waals surface area contributed by atoms with Gasteiger partial charge in [-0.1, -0.05) is 6.07 Å². The molecule has 2 aromatic rings. The summed E-state index contributed by atoms with van der Waals surface area (Å²) in [6.45, 7) is 2.20. The predicted octanol–water partition coefficient (Wildman–Crippen LogP) is 3.37. The lowest BCUT2D eigenvalue weighted by Crippen LogP contribution is -2.05. The lowest BCUT2D eigenvalue weighted by Gasteiger charge is -2.11. The number of aryl methyl sites for hydroxylation is 2. The Bertz CT molecular complexity index is 641. The van der Waals surface area contributed by atoms with Gasteiger partial charge in [0.25, 0.3) is 0 Å². The first-order chi connectivity index (χ1) is 8.74. The van der Waals surface area contributed by atoms with Gasteiger partial charge in [0.2, 0.25) is 0 Å². The topological polar surface area (TPSA) is 38.9 Å². The summed E-state index contributed by atoms with van der Waals surface area (Å²) < 4.78 is 0. The van der Waals surface area contributed by atoms with Gasteiger partial charge in [-0.3, -0.25) is 4.98 Å². The number of aromatic nitrogens is 1. The van der Waals surface area contributed by atoms with E-state index in [0.29, 0.717) is 0 Å². The highest BCUT2D eigenvalue weighted by atomic mass is 14.7. The molecular formula is C16H18N2. The third kappa shape index (κ3) is 1.42. The average molecular weight is 238 g/mol. The van der Waals surface area contributed by atoms with E-state index in [4.69, 9.17) is 5.73 Å². The van der Waals surface area contributed by atoms with Crippen molar-refractivity contribution in [2.75, 3.05) is 0 Å². The lowest BCUT2D eigenvalue weighted by molar-refractivity contribution is 0.713. The van der Waals surface area contributed by atoms with Crippen molar-refractivity contribution in [2.24, 2.45) is 5.73 Å². The molecule has 92 valence electrons. The molecule has 0 aliphatic heterocycles. The highest BCUT2D eigenvalue weighted by Gasteiger charge is 2.27. The van der Waals surface area contributed by atoms with Crippen molar-refractivity contribution < 1.29 is 0 Å². The van der Waals surface area contributed by atoms with Crippen LogP contribution < -0.4 is 5.73 Å². The fourth-order valence-corrected chi connectivity index (χ4v) is 3.26. The van der Waals surface area contributed by atoms with E-state index in [1.807, 2.05) is 0 Å². The molecule has 0 saturated heterocycles. The Morgan fingerprint density at radius 1 is 1.17 bits per heavy atom. The van der Waals surface area contributed by atoms with Crippen LogP contribution in [-0.2, 0) is 6.42 Å². The summed E-state index contributed by atoms with van der Waals surface area (Å²) in [5.74, 6) is 0.726. The van der Waals surface area contributed by atoms with Crippen LogP contribution in [0.25, 0.3) is 10.8 Å². The van der Waals surface area contributed by atoms with Crippen molar-refractivity contribution >= 4 is 10.8 Å². The number of benzene rings is 1. The molecule has 0 spiro atoms. The zero-order valence-corrected chi connectivity index (χ0v) is 10.7. The van der Waals surface area contributed by atoms with Crippen LogP contribution in [0.5, 0.6) is 0 Å². The molecule has 1 aromatic carbocycles. The van der Waals surface area contributed by atoms with Crippen LogP contribution in [0, 0.1) is 6.92 Å². The molecule has 1 saturated carbocycles. The number of nitrogens with zero attached hydrogens (tertiary/aromatic N) is 1. The van der Waals surface area contributed by atoms with Crippen molar-refractivity contribution in [3.05, 3.63) is 40.7 Å². The molecule has 4 rings (SSSR count). The molecular weight excluding hydrogens is 220 g/mol. The fraction of sp³-hybridized carbons (Fsp3) is 0.438. The predicted molar refractivity (Wildman–Crippen MR) is 73.7 cm³/mol. The number of nitrogens with two attached hydrogens (primary N) is 1. The van der Waals surface area contributed by atoms with Gasteiger partial charge >= 0.3 is 0 Å². The largest absolute Gasteiger partial charge is 0.324 e. The second-order valence-electron chi connectivity index (χ2n) is 5.84. The van der Waals surface area contributed by atoms with E-state index in [0.717, 1.165) is 18.8 Å². The zero-order chi connectivity index (χ0) is 12.3. The molecule has 0 amide bonds. The summed E-state index contributed by atoms with van der Waals surface area (Å²) in [6, 6.07) is 4.84. The summed E-state index contributed by atoms with van der Waals surface area (Å²) in [5.41, 5.74) is 11.6. The van der Waals surface area contributed by atoms with E-state index in [1.54, 1.807) is 0 Å². The normalized spacial score (nSPS) is 22.4. The molecule has 2 heteroatoms. The van der Waals surface area contributed by atoms with E-state index in [1.165, 1.54) is 46.0 Å². The van der Waals surface area contributed by atoms with Crippen LogP contribution in [0.4, 0.5) is 0 Å². The molecule has 18 heavy (non-hydrogen) atoms. The molecule has 0 radical (unpaired) electrons. The highest BCUT2D eigenvalue weighted by Crippen LogP contribution is 2.42. The SMILES string of the molecule is Cc1cc2c(c3cnc(C4CC4)cc13)CC[C@@H]2N. The summed E-state index contributed by atoms with van der Waals surface area (Å²) in [4.78, 5) is 4.67. The van der Waals surface area contributed by atoms with Crippen LogP contribution in [-0.4, -0.2) is 4.98 Å². The molecule has 2 N–H and O–H groups in total. The zero-order valence-electron chi connectivity index (χ0n) is 10.7. The maximum absolute atomic E-state index is 6.17. The number of pyridine rings is 1. The maximum atomic E-state index is 6.17. The van der Waals surface area contributed by atoms with Crippen LogP contribution in [0.2, 0.25) is 0 Å². The van der Waals surface area contributed by atoms with E-state index in [9.17, 15) is 0 Å². The Kier molecular flexibility index (Phi) is 2.07. The molecule has 1 fully saturated rings. The van der Waals surface area contributed by atoms with Gasteiger partial charge in [0.15, 0.2) is 0 Å². The first-order valence-electron chi connectivity index (χ1n) is 6.91. The van der Waals surface area contributed by atoms with E-state index in [2.05, 4.69) is 30.2 Å². The van der Waals surface area contributed by atoms with Gasteiger partial charge in [-0.05, 0) is 60.7 Å². The summed E-state index contributed by atoms with van der Waals surface area (Å²) in [5, 5.41) is 2.72. The first-order valence-corrected chi connectivity index (χ1v) is 6.91. The summed E-state index contributed by atoms with van der Waals surface area (Å²) in [6.07, 6.45) is 6.91. The minimum atomic E-state index is 0.228. The van der Waals surface area contributed by atoms with E-state index >= 15 is 0 Å². The van der Waals surface area contributed by atoms with Gasteiger partial charge in [-0.15, -0.1) is 0 Å². The Morgan fingerprint density at radius 3 is 2.78 bits per heavy atom. The quantitative estimate of drug-likeness (QED) is 0.827. The minimum Gasteiger partial charge on any atom is -0.324 e. The molecule has 2 aliphatic rings. The van der Waals surface area contributed by atoms with E-state index in [-0.39, 0.29) is 6.04 Å². The van der Waals surface area contributed by atoms with Gasteiger partial charge in [0.1, 0.15) is 0 Å². The average Bonchev–Trinajstić information content (AvgIpc) is 3.16. The van der Waals surface area contributed by atoms with Crippen LogP contribution in [0.1, 0.15) is 53.6 Å². The molecule has 2 nitrogen and oxygen atoms in total. The number of fused-ring (bicyclic) bond motifs is 3. The Morgan fingerprint density at radius 2 is 2.00 bits per heavy atom. The third-order valence-electron chi connectivity index (χ3n) is 4.50. The highest BCUT2D eigenvalue weighted by molar-refractivity contribution is 5.90. The lowest BCUT2D eigenvalue weighted by atomic mass is 9.96. The molecule has 1 atom stereocenters. The molecule has 1 heterocycles. The molecule has 1 aromatic heterocycles. The third-order valence-corrected chi connectivity index (χ3v) is 4.50. The van der Waals surface area contributed by atoms with Crippen LogP contribution >= 0.6 is 0 Å². The summed E-state index contributed by atoms with van der Waals surface area (Å²) in [7, 11) is 0. The van der Waals surface area contributed by atoms with Crippen molar-refractivity contribution in [2.45, 2.75) is 44.6 Å². The number of hydrogen-bond acceptors (Lipinski definition) is 2. The van der Waals surface area contributed by atoms with Crippen LogP contribution in [0.15, 0.2) is 18.3 Å². The monoisotopic (exact) mass is 238 g/mol. The number of rotatable bonds is 1. The van der Waals surface area contributed by atoms with Gasteiger partial charge in [-0.2, -0.15) is 0 Å². The van der Waals surface area contributed by atoms with Gasteiger partial charge in [-0.25, -0.2) is 0 Å². The maximum Gasteiger partial charge on any atom is 0.0441 e. The van der Waals surface area contributed by atoms with Crippen molar-refractivity contribution in [1.82, 2.24) is 4.98 Å². The minimum absolute atomic E-state index is 0.228. The fourth-order valence-electron chi connectivity index (χ4n) is 3.26. The second-order valence-corrected chi connectivity index (χ2v) is 5.84. The Labute approximate surface area is 107 Å². The Balaban J connectivity index is 1.99. The van der Waals surface area contributed by atoms with Gasteiger partial charge < -0.3 is 5.73 Å². The Hall–Kier alpha value is -1.41. The second kappa shape index (κ2) is 3.55. The molecule has 0 unspecified atom stereocenters. The van der Waals surface area contributed by atoms with Gasteiger partial charge in [0.05, 0.1) is 0 Å².